The van der Waals surface area contributed by atoms with E-state index in [1.165, 1.54) is 25.7 Å². The fourth-order valence-electron chi connectivity index (χ4n) is 10.1. The van der Waals surface area contributed by atoms with Crippen LogP contribution in [0.5, 0.6) is 0 Å². The molecule has 2 aliphatic rings. The highest BCUT2D eigenvalue weighted by atomic mass is 15.7. The van der Waals surface area contributed by atoms with Gasteiger partial charge in [0.1, 0.15) is 25.3 Å². The van der Waals surface area contributed by atoms with Crippen molar-refractivity contribution >= 4 is 11.9 Å². The maximum Gasteiger partial charge on any atom is 0.243 e. The van der Waals surface area contributed by atoms with Crippen LogP contribution in [0, 0.1) is 0 Å². The lowest BCUT2D eigenvalue weighted by atomic mass is 9.79. The van der Waals surface area contributed by atoms with E-state index in [-0.39, 0.29) is 34.2 Å². The minimum atomic E-state index is -0.00371. The molecule has 2 aromatic rings. The molecule has 12 nitrogen and oxygen atoms in total. The smallest absolute Gasteiger partial charge is 0.243 e. The van der Waals surface area contributed by atoms with Gasteiger partial charge in [0.2, 0.25) is 11.9 Å². The van der Waals surface area contributed by atoms with Crippen molar-refractivity contribution in [1.29, 1.82) is 0 Å². The second-order valence-electron chi connectivity index (χ2n) is 19.4. The van der Waals surface area contributed by atoms with Crippen LogP contribution in [0.15, 0.2) is 25.3 Å². The molecule has 2 atom stereocenters. The summed E-state index contributed by atoms with van der Waals surface area (Å²) >= 11 is 0. The summed E-state index contributed by atoms with van der Waals surface area (Å²) in [7, 11) is 0. The summed E-state index contributed by atoms with van der Waals surface area (Å²) in [4.78, 5) is 28.2. The average molecular weight is 765 g/mol. The van der Waals surface area contributed by atoms with Crippen molar-refractivity contribution < 1.29 is 0 Å². The van der Waals surface area contributed by atoms with E-state index in [4.69, 9.17) is 19.9 Å². The number of unbranched alkanes of at least 4 members (excludes halogenated alkanes) is 6. The van der Waals surface area contributed by atoms with E-state index in [9.17, 15) is 0 Å². The first-order valence-corrected chi connectivity index (χ1v) is 21.9. The Kier molecular flexibility index (Phi) is 16.6. The van der Waals surface area contributed by atoms with Crippen molar-refractivity contribution in [1.82, 2.24) is 50.6 Å². The standard InChI is InChI=1S/C43H80N12/c1-13-16-19-20-21-22-35(55(39-48-32-45-33-49-39)53(24-18-15-3)37-28-42(9,10)51-43(11,12)29-37)25-34(4)54(38-46-30-44-31-47-38)52(23-17-14-2)36-26-40(5,6)50-41(7,8)27-36/h30-37,50-51H,13-29H2,1-12H3. The molecule has 2 saturated heterocycles. The zero-order chi connectivity index (χ0) is 40.3. The lowest BCUT2D eigenvalue weighted by Crippen LogP contribution is -2.66. The summed E-state index contributed by atoms with van der Waals surface area (Å²) in [5, 5.41) is 18.2. The predicted octanol–water partition coefficient (Wildman–Crippen LogP) is 8.53. The number of hydrogen-bond acceptors (Lipinski definition) is 12. The van der Waals surface area contributed by atoms with Crippen LogP contribution in [0.3, 0.4) is 0 Å². The fourth-order valence-corrected chi connectivity index (χ4v) is 10.1. The van der Waals surface area contributed by atoms with Crippen molar-refractivity contribution in [3.63, 3.8) is 0 Å². The van der Waals surface area contributed by atoms with Gasteiger partial charge in [-0.05, 0) is 114 Å². The first-order chi connectivity index (χ1) is 26.0. The van der Waals surface area contributed by atoms with Crippen LogP contribution in [-0.2, 0) is 0 Å². The van der Waals surface area contributed by atoms with Crippen molar-refractivity contribution in [2.75, 3.05) is 23.1 Å². The third kappa shape index (κ3) is 13.5. The zero-order valence-electron chi connectivity index (χ0n) is 37.1. The Balaban J connectivity index is 1.83. The van der Waals surface area contributed by atoms with E-state index < -0.39 is 0 Å². The van der Waals surface area contributed by atoms with E-state index in [0.29, 0.717) is 12.1 Å². The molecule has 0 aliphatic carbocycles. The molecule has 0 radical (unpaired) electrons. The quantitative estimate of drug-likeness (QED) is 0.0885. The molecule has 0 bridgehead atoms. The number of hydrogen-bond donors (Lipinski definition) is 2. The van der Waals surface area contributed by atoms with Crippen LogP contribution in [-0.4, -0.2) is 99.3 Å². The topological polar surface area (TPSA) is 114 Å². The van der Waals surface area contributed by atoms with Crippen LogP contribution in [0.4, 0.5) is 11.9 Å². The third-order valence-corrected chi connectivity index (χ3v) is 11.6. The molecule has 2 unspecified atom stereocenters. The van der Waals surface area contributed by atoms with Crippen LogP contribution < -0.4 is 20.7 Å². The Bertz CT molecular complexity index is 1340. The van der Waals surface area contributed by atoms with Gasteiger partial charge in [0.05, 0.1) is 6.04 Å². The first kappa shape index (κ1) is 45.2. The summed E-state index contributed by atoms with van der Waals surface area (Å²) in [5.74, 6) is 1.48. The van der Waals surface area contributed by atoms with Crippen molar-refractivity contribution in [3.05, 3.63) is 25.3 Å². The molecule has 2 N–H and O–H groups in total. The molecule has 2 aromatic heterocycles. The monoisotopic (exact) mass is 765 g/mol. The lowest BCUT2D eigenvalue weighted by molar-refractivity contribution is 0.0396. The second kappa shape index (κ2) is 20.2. The lowest BCUT2D eigenvalue weighted by Gasteiger charge is -2.54. The Labute approximate surface area is 335 Å². The van der Waals surface area contributed by atoms with Crippen molar-refractivity contribution in [3.8, 4) is 0 Å². The SMILES string of the molecule is CCCCCCCC(CC(C)N(c1ncncn1)N(CCCC)C1CC(C)(C)NC(C)(C)C1)N(c1ncncn1)N(CCCC)C1CC(C)(C)NC(C)(C)C1. The predicted molar refractivity (Wildman–Crippen MR) is 228 cm³/mol. The maximum atomic E-state index is 4.93. The van der Waals surface area contributed by atoms with Gasteiger partial charge in [0.15, 0.2) is 0 Å². The molecule has 12 heteroatoms. The molecular weight excluding hydrogens is 685 g/mol. The number of rotatable bonds is 22. The molecule has 312 valence electrons. The summed E-state index contributed by atoms with van der Waals surface area (Å²) < 4.78 is 0. The van der Waals surface area contributed by atoms with Gasteiger partial charge in [-0.2, -0.15) is 0 Å². The molecule has 55 heavy (non-hydrogen) atoms. The number of aromatic nitrogens is 6. The molecule has 4 rings (SSSR count). The number of hydrazine groups is 2. The van der Waals surface area contributed by atoms with E-state index in [2.05, 4.69) is 124 Å². The van der Waals surface area contributed by atoms with Gasteiger partial charge < -0.3 is 10.6 Å². The minimum absolute atomic E-state index is 0.00240. The summed E-state index contributed by atoms with van der Waals surface area (Å²) in [5.41, 5.74) is -0.0122. The highest BCUT2D eigenvalue weighted by molar-refractivity contribution is 5.32. The summed E-state index contributed by atoms with van der Waals surface area (Å²) in [6.07, 6.45) is 23.4. The van der Waals surface area contributed by atoms with E-state index in [1.807, 2.05) is 0 Å². The van der Waals surface area contributed by atoms with Crippen molar-refractivity contribution in [2.45, 2.75) is 226 Å². The second-order valence-corrected chi connectivity index (χ2v) is 19.4. The molecule has 4 heterocycles. The van der Waals surface area contributed by atoms with Gasteiger partial charge in [-0.15, -0.1) is 0 Å². The third-order valence-electron chi connectivity index (χ3n) is 11.6. The van der Waals surface area contributed by atoms with Crippen LogP contribution in [0.25, 0.3) is 0 Å². The Hall–Kier alpha value is -2.54. The number of nitrogens with one attached hydrogen (secondary N) is 2. The Morgan fingerprint density at radius 1 is 0.564 bits per heavy atom. The number of piperidine rings is 2. The molecular formula is C43H80N12. The van der Waals surface area contributed by atoms with Gasteiger partial charge in [-0.3, -0.25) is 10.0 Å². The summed E-state index contributed by atoms with van der Waals surface area (Å²) in [6.45, 7) is 30.0. The van der Waals surface area contributed by atoms with E-state index >= 15 is 0 Å². The molecule has 2 fully saturated rings. The maximum absolute atomic E-state index is 4.93. The van der Waals surface area contributed by atoms with Gasteiger partial charge in [0.25, 0.3) is 0 Å². The van der Waals surface area contributed by atoms with E-state index in [1.54, 1.807) is 25.3 Å². The minimum Gasteiger partial charge on any atom is -0.307 e. The van der Waals surface area contributed by atoms with Gasteiger partial charge in [0, 0.05) is 53.4 Å². The largest absolute Gasteiger partial charge is 0.307 e. The van der Waals surface area contributed by atoms with Crippen LogP contribution in [0.1, 0.15) is 179 Å². The highest BCUT2D eigenvalue weighted by Gasteiger charge is 2.45. The highest BCUT2D eigenvalue weighted by Crippen LogP contribution is 2.37. The van der Waals surface area contributed by atoms with Crippen LogP contribution in [0.2, 0.25) is 0 Å². The molecule has 0 saturated carbocycles. The number of nitrogens with zero attached hydrogens (tertiary/aromatic N) is 10. The number of anilines is 2. The molecule has 0 aromatic carbocycles. The van der Waals surface area contributed by atoms with Crippen molar-refractivity contribution in [2.24, 2.45) is 0 Å². The fraction of sp³-hybridized carbons (Fsp3) is 0.860. The molecule has 2 aliphatic heterocycles. The van der Waals surface area contributed by atoms with E-state index in [0.717, 1.165) is 95.6 Å². The normalized spacial score (nSPS) is 20.8. The Morgan fingerprint density at radius 3 is 1.36 bits per heavy atom. The Morgan fingerprint density at radius 2 is 0.945 bits per heavy atom. The van der Waals surface area contributed by atoms with Gasteiger partial charge >= 0.3 is 0 Å². The zero-order valence-corrected chi connectivity index (χ0v) is 37.1. The first-order valence-electron chi connectivity index (χ1n) is 21.9. The van der Waals surface area contributed by atoms with Gasteiger partial charge in [-0.1, -0.05) is 65.7 Å². The average Bonchev–Trinajstić information content (AvgIpc) is 3.09. The molecule has 0 spiro atoms. The summed E-state index contributed by atoms with van der Waals surface area (Å²) in [6, 6.07) is 0.881. The van der Waals surface area contributed by atoms with Gasteiger partial charge in [-0.25, -0.2) is 39.9 Å². The molecule has 0 amide bonds. The van der Waals surface area contributed by atoms with Crippen LogP contribution >= 0.6 is 0 Å².